The number of carbonyl (C=O) groups is 1. The van der Waals surface area contributed by atoms with Crippen molar-refractivity contribution in [3.05, 3.63) is 45.6 Å². The van der Waals surface area contributed by atoms with Gasteiger partial charge in [-0.25, -0.2) is 8.42 Å². The molecule has 1 aliphatic rings. The number of benzene rings is 1. The molecule has 0 aliphatic carbocycles. The van der Waals surface area contributed by atoms with Gasteiger partial charge in [-0.3, -0.25) is 4.79 Å². The highest BCUT2D eigenvalue weighted by atomic mass is 32.2. The molecular weight excluding hydrogens is 344 g/mol. The van der Waals surface area contributed by atoms with Crippen LogP contribution in [0.5, 0.6) is 0 Å². The molecule has 0 spiro atoms. The lowest BCUT2D eigenvalue weighted by Gasteiger charge is -2.18. The van der Waals surface area contributed by atoms with Crippen molar-refractivity contribution < 1.29 is 13.2 Å². The molecule has 0 N–H and O–H groups in total. The molecule has 0 radical (unpaired) electrons. The van der Waals surface area contributed by atoms with Gasteiger partial charge in [0, 0.05) is 37.6 Å². The number of carbonyl (C=O) groups excluding carboxylic acids is 1. The Balaban J connectivity index is 1.88. The van der Waals surface area contributed by atoms with Crippen LogP contribution >= 0.6 is 11.3 Å². The fourth-order valence-corrected chi connectivity index (χ4v) is 5.13. The number of nitrogens with zero attached hydrogens (tertiary/aromatic N) is 2. The van der Waals surface area contributed by atoms with E-state index < -0.39 is 10.0 Å². The van der Waals surface area contributed by atoms with E-state index in [1.54, 1.807) is 41.5 Å². The molecule has 3 rings (SSSR count). The quantitative estimate of drug-likeness (QED) is 0.838. The molecule has 5 nitrogen and oxygen atoms in total. The number of fused-ring (bicyclic) bond motifs is 1. The fourth-order valence-electron chi connectivity index (χ4n) is 2.90. The molecule has 1 aromatic heterocycles. The Morgan fingerprint density at radius 3 is 2.71 bits per heavy atom. The average molecular weight is 364 g/mol. The van der Waals surface area contributed by atoms with Crippen LogP contribution in [0.15, 0.2) is 34.5 Å². The van der Waals surface area contributed by atoms with Crippen molar-refractivity contribution in [1.82, 2.24) is 4.31 Å². The summed E-state index contributed by atoms with van der Waals surface area (Å²) in [6.45, 7) is 4.48. The van der Waals surface area contributed by atoms with Crippen molar-refractivity contribution in [3.8, 4) is 0 Å². The third-order valence-corrected chi connectivity index (χ3v) is 7.18. The molecule has 128 valence electrons. The van der Waals surface area contributed by atoms with Gasteiger partial charge in [0.25, 0.3) is 0 Å². The van der Waals surface area contributed by atoms with Crippen LogP contribution in [0, 0.1) is 6.92 Å². The summed E-state index contributed by atoms with van der Waals surface area (Å²) < 4.78 is 27.1. The topological polar surface area (TPSA) is 57.7 Å². The minimum atomic E-state index is -3.55. The molecule has 0 saturated carbocycles. The number of anilines is 1. The number of hydrogen-bond acceptors (Lipinski definition) is 4. The number of hydrogen-bond donors (Lipinski definition) is 0. The molecule has 0 fully saturated rings. The lowest BCUT2D eigenvalue weighted by molar-refractivity contribution is -0.116. The predicted molar refractivity (Wildman–Crippen MR) is 95.9 cm³/mol. The van der Waals surface area contributed by atoms with Crippen LogP contribution in [-0.2, 0) is 27.8 Å². The summed E-state index contributed by atoms with van der Waals surface area (Å²) in [7, 11) is -1.95. The van der Waals surface area contributed by atoms with Gasteiger partial charge in [-0.05, 0) is 54.1 Å². The van der Waals surface area contributed by atoms with Crippen LogP contribution in [0.4, 0.5) is 5.69 Å². The lowest BCUT2D eigenvalue weighted by Crippen LogP contribution is -2.27. The Hall–Kier alpha value is -1.70. The van der Waals surface area contributed by atoms with Gasteiger partial charge >= 0.3 is 0 Å². The summed E-state index contributed by atoms with van der Waals surface area (Å²) in [6, 6.07) is 7.02. The summed E-state index contributed by atoms with van der Waals surface area (Å²) in [4.78, 5) is 14.6. The first-order chi connectivity index (χ1) is 11.3. The molecule has 0 unspecified atom stereocenters. The number of sulfonamides is 1. The van der Waals surface area contributed by atoms with Crippen LogP contribution in [0.1, 0.15) is 22.9 Å². The summed E-state index contributed by atoms with van der Waals surface area (Å²) >= 11 is 1.56. The summed E-state index contributed by atoms with van der Waals surface area (Å²) in [6.07, 6.45) is 0.687. The molecule has 2 heterocycles. The van der Waals surface area contributed by atoms with Crippen LogP contribution in [0.25, 0.3) is 0 Å². The Bertz CT molecular complexity index is 887. The van der Waals surface area contributed by atoms with E-state index in [4.69, 9.17) is 0 Å². The molecule has 1 amide bonds. The minimum Gasteiger partial charge on any atom is -0.312 e. The molecule has 24 heavy (non-hydrogen) atoms. The molecule has 0 saturated heterocycles. The summed E-state index contributed by atoms with van der Waals surface area (Å²) in [5, 5.41) is 1.97. The molecule has 2 aromatic rings. The van der Waals surface area contributed by atoms with E-state index in [0.29, 0.717) is 19.5 Å². The first-order valence-electron chi connectivity index (χ1n) is 7.71. The zero-order chi connectivity index (χ0) is 17.5. The maximum absolute atomic E-state index is 12.8. The number of thiophene rings is 1. The van der Waals surface area contributed by atoms with Crippen LogP contribution in [0.3, 0.4) is 0 Å². The lowest BCUT2D eigenvalue weighted by atomic mass is 10.2. The number of amides is 1. The predicted octanol–water partition coefficient (Wildman–Crippen LogP) is 2.79. The van der Waals surface area contributed by atoms with E-state index in [1.807, 2.05) is 18.4 Å². The van der Waals surface area contributed by atoms with E-state index in [2.05, 4.69) is 0 Å². The fraction of sp³-hybridized carbons (Fsp3) is 0.353. The second-order valence-electron chi connectivity index (χ2n) is 6.00. The third kappa shape index (κ3) is 2.99. The average Bonchev–Trinajstić information content (AvgIpc) is 3.13. The second kappa shape index (κ2) is 6.31. The van der Waals surface area contributed by atoms with Gasteiger partial charge in [-0.1, -0.05) is 0 Å². The first kappa shape index (κ1) is 17.1. The monoisotopic (exact) mass is 364 g/mol. The highest BCUT2D eigenvalue weighted by Gasteiger charge is 2.27. The van der Waals surface area contributed by atoms with Gasteiger partial charge in [0.1, 0.15) is 0 Å². The van der Waals surface area contributed by atoms with Crippen LogP contribution in [-0.4, -0.2) is 32.2 Å². The smallest absolute Gasteiger partial charge is 0.243 e. The second-order valence-corrected chi connectivity index (χ2v) is 9.04. The normalized spacial score (nSPS) is 14.2. The largest absolute Gasteiger partial charge is 0.312 e. The highest BCUT2D eigenvalue weighted by Crippen LogP contribution is 2.31. The van der Waals surface area contributed by atoms with Crippen LogP contribution < -0.4 is 4.90 Å². The van der Waals surface area contributed by atoms with Crippen molar-refractivity contribution in [2.45, 2.75) is 31.7 Å². The van der Waals surface area contributed by atoms with E-state index in [1.165, 1.54) is 11.2 Å². The van der Waals surface area contributed by atoms with E-state index in [-0.39, 0.29) is 10.8 Å². The van der Waals surface area contributed by atoms with Gasteiger partial charge in [-0.2, -0.15) is 4.31 Å². The van der Waals surface area contributed by atoms with E-state index >= 15 is 0 Å². The minimum absolute atomic E-state index is 0.0188. The van der Waals surface area contributed by atoms with Gasteiger partial charge in [0.2, 0.25) is 15.9 Å². The number of rotatable bonds is 4. The van der Waals surface area contributed by atoms with Crippen molar-refractivity contribution in [3.63, 3.8) is 0 Å². The standard InChI is InChI=1S/C17H20N2O3S2/c1-12-7-9-23-17(12)11-18(3)24(21,22)15-4-5-16-14(10-15)6-8-19(16)13(2)20/h4-5,7,9-10H,6,8,11H2,1-3H3. The number of aryl methyl sites for hydroxylation is 1. The van der Waals surface area contributed by atoms with Crippen molar-refractivity contribution in [2.24, 2.45) is 0 Å². The first-order valence-corrected chi connectivity index (χ1v) is 10.0. The molecule has 0 bridgehead atoms. The summed E-state index contributed by atoms with van der Waals surface area (Å²) in [5.41, 5.74) is 2.83. The van der Waals surface area contributed by atoms with Gasteiger partial charge < -0.3 is 4.90 Å². The van der Waals surface area contributed by atoms with Gasteiger partial charge in [0.05, 0.1) is 4.90 Å². The molecule has 7 heteroatoms. The maximum atomic E-state index is 12.8. The Labute approximate surface area is 146 Å². The molecular formula is C17H20N2O3S2. The Kier molecular flexibility index (Phi) is 4.50. The molecule has 1 aliphatic heterocycles. The van der Waals surface area contributed by atoms with E-state index in [0.717, 1.165) is 21.7 Å². The SMILES string of the molecule is CC(=O)N1CCc2cc(S(=O)(=O)N(C)Cc3sccc3C)ccc21. The maximum Gasteiger partial charge on any atom is 0.243 e. The van der Waals surface area contributed by atoms with Crippen molar-refractivity contribution in [1.29, 1.82) is 0 Å². The highest BCUT2D eigenvalue weighted by molar-refractivity contribution is 7.89. The van der Waals surface area contributed by atoms with Crippen molar-refractivity contribution in [2.75, 3.05) is 18.5 Å². The summed E-state index contributed by atoms with van der Waals surface area (Å²) in [5.74, 6) is -0.0188. The zero-order valence-corrected chi connectivity index (χ0v) is 15.6. The Morgan fingerprint density at radius 1 is 1.33 bits per heavy atom. The van der Waals surface area contributed by atoms with Crippen LogP contribution in [0.2, 0.25) is 0 Å². The zero-order valence-electron chi connectivity index (χ0n) is 13.9. The Morgan fingerprint density at radius 2 is 2.08 bits per heavy atom. The van der Waals surface area contributed by atoms with Gasteiger partial charge in [0.15, 0.2) is 0 Å². The third-order valence-electron chi connectivity index (χ3n) is 4.37. The van der Waals surface area contributed by atoms with E-state index in [9.17, 15) is 13.2 Å². The van der Waals surface area contributed by atoms with Gasteiger partial charge in [-0.15, -0.1) is 11.3 Å². The van der Waals surface area contributed by atoms with Crippen molar-refractivity contribution >= 4 is 33.0 Å². The molecule has 1 aromatic carbocycles. The molecule has 0 atom stereocenters.